The van der Waals surface area contributed by atoms with Crippen molar-refractivity contribution in [1.82, 2.24) is 4.98 Å². The predicted molar refractivity (Wildman–Crippen MR) is 111 cm³/mol. The molecule has 0 saturated carbocycles. The summed E-state index contributed by atoms with van der Waals surface area (Å²) < 4.78 is 0. The van der Waals surface area contributed by atoms with Crippen molar-refractivity contribution in [3.8, 4) is 11.3 Å². The van der Waals surface area contributed by atoms with Crippen molar-refractivity contribution in [2.24, 2.45) is 0 Å². The van der Waals surface area contributed by atoms with Crippen molar-refractivity contribution >= 4 is 17.6 Å². The smallest absolute Gasteiger partial charge is 0 e. The standard InChI is InChI=1S/C14H16NS.C6H6.C3H3O.Y/c1-8-9(2)11(4)14(12(5)10(8)3)13-6-16-7-15-13;1-2-4-6-5-3-1;1-2-3-4;/h6H,1-5H3;1-6H;1-3H;/q-1;;-1;. The molecule has 0 amide bonds. The van der Waals surface area contributed by atoms with Crippen LogP contribution >= 0.6 is 11.3 Å². The molecule has 0 atom stereocenters. The van der Waals surface area contributed by atoms with Gasteiger partial charge in [0, 0.05) is 32.7 Å². The topological polar surface area (TPSA) is 30.0 Å². The first kappa shape index (κ1) is 25.6. The molecule has 139 valence electrons. The summed E-state index contributed by atoms with van der Waals surface area (Å²) in [5.74, 6) is 0. The van der Waals surface area contributed by atoms with Gasteiger partial charge in [-0.05, 0) is 63.1 Å². The fourth-order valence-electron chi connectivity index (χ4n) is 2.57. The van der Waals surface area contributed by atoms with Crippen LogP contribution in [0.3, 0.4) is 0 Å². The fraction of sp³-hybridized carbons (Fsp3) is 0.217. The molecule has 0 unspecified atom stereocenters. The summed E-state index contributed by atoms with van der Waals surface area (Å²) in [6.07, 6.45) is 1.47. The van der Waals surface area contributed by atoms with Gasteiger partial charge >= 0.3 is 0 Å². The Morgan fingerprint density at radius 3 is 1.52 bits per heavy atom. The Morgan fingerprint density at radius 1 is 0.852 bits per heavy atom. The van der Waals surface area contributed by atoms with Crippen LogP contribution < -0.4 is 0 Å². The quantitative estimate of drug-likeness (QED) is 0.271. The number of aldehydes is 1. The number of carbonyl (C=O) groups is 1. The van der Waals surface area contributed by atoms with Crippen molar-refractivity contribution in [3.63, 3.8) is 0 Å². The fourth-order valence-corrected chi connectivity index (χ4v) is 3.05. The van der Waals surface area contributed by atoms with Gasteiger partial charge in [0.25, 0.3) is 0 Å². The van der Waals surface area contributed by atoms with Crippen LogP contribution in [0.1, 0.15) is 27.8 Å². The largest absolute Gasteiger partial charge is 0.410 e. The van der Waals surface area contributed by atoms with Gasteiger partial charge in [-0.3, -0.25) is 17.9 Å². The molecule has 4 heteroatoms. The first-order valence-electron chi connectivity index (χ1n) is 8.33. The molecule has 0 spiro atoms. The minimum Gasteiger partial charge on any atom is -0.410 e. The molecule has 3 aromatic rings. The number of allylic oxidation sites excluding steroid dienone is 1. The maximum atomic E-state index is 8.99. The Labute approximate surface area is 192 Å². The molecule has 0 aliphatic carbocycles. The van der Waals surface area contributed by atoms with E-state index in [1.165, 1.54) is 44.7 Å². The minimum atomic E-state index is 0. The Bertz CT molecular complexity index is 766. The molecule has 2 aromatic carbocycles. The molecule has 0 N–H and O–H groups in total. The molecule has 27 heavy (non-hydrogen) atoms. The van der Waals surface area contributed by atoms with Gasteiger partial charge in [-0.15, -0.1) is 5.38 Å². The Kier molecular flexibility index (Phi) is 13.0. The number of benzene rings is 2. The van der Waals surface area contributed by atoms with E-state index < -0.39 is 0 Å². The third kappa shape index (κ3) is 7.61. The Hall–Kier alpha value is -1.42. The SMILES string of the molecule is Cc1c(C)c(C)c(-c2cs[c-]n2)c(C)c1C.[CH-]=CC=O.[Y].c1ccccc1. The van der Waals surface area contributed by atoms with E-state index >= 15 is 0 Å². The van der Waals surface area contributed by atoms with E-state index in [0.717, 1.165) is 11.8 Å². The van der Waals surface area contributed by atoms with E-state index in [-0.39, 0.29) is 32.7 Å². The summed E-state index contributed by atoms with van der Waals surface area (Å²) in [4.78, 5) is 13.3. The Balaban J connectivity index is 0.000000510. The molecule has 0 saturated heterocycles. The van der Waals surface area contributed by atoms with E-state index in [4.69, 9.17) is 4.79 Å². The van der Waals surface area contributed by atoms with Crippen molar-refractivity contribution in [2.45, 2.75) is 34.6 Å². The molecule has 1 radical (unpaired) electrons. The van der Waals surface area contributed by atoms with E-state index in [1.54, 1.807) is 0 Å². The zero-order valence-electron chi connectivity index (χ0n) is 16.6. The number of hydrogen-bond acceptors (Lipinski definition) is 3. The van der Waals surface area contributed by atoms with E-state index in [2.05, 4.69) is 57.1 Å². The van der Waals surface area contributed by atoms with E-state index in [0.29, 0.717) is 6.29 Å². The summed E-state index contributed by atoms with van der Waals surface area (Å²) in [6, 6.07) is 12.0. The van der Waals surface area contributed by atoms with Gasteiger partial charge in [0.05, 0.1) is 0 Å². The first-order chi connectivity index (χ1) is 12.5. The van der Waals surface area contributed by atoms with Crippen LogP contribution in [0.5, 0.6) is 0 Å². The summed E-state index contributed by atoms with van der Waals surface area (Å²) >= 11 is 1.53. The van der Waals surface area contributed by atoms with Gasteiger partial charge in [-0.1, -0.05) is 58.8 Å². The Morgan fingerprint density at radius 2 is 1.22 bits per heavy atom. The summed E-state index contributed by atoms with van der Waals surface area (Å²) in [5.41, 5.74) is 12.1. The van der Waals surface area contributed by atoms with Crippen LogP contribution in [0.2, 0.25) is 0 Å². The molecule has 0 aliphatic rings. The van der Waals surface area contributed by atoms with Crippen molar-refractivity contribution in [3.05, 3.63) is 87.8 Å². The summed E-state index contributed by atoms with van der Waals surface area (Å²) in [7, 11) is 0. The van der Waals surface area contributed by atoms with Gasteiger partial charge in [0.15, 0.2) is 0 Å². The number of aromatic nitrogens is 1. The van der Waals surface area contributed by atoms with Gasteiger partial charge < -0.3 is 9.78 Å². The van der Waals surface area contributed by atoms with Crippen LogP contribution in [0, 0.1) is 46.7 Å². The molecule has 0 fully saturated rings. The molecular weight excluding hydrogens is 427 g/mol. The third-order valence-corrected chi connectivity index (χ3v) is 4.93. The average Bonchev–Trinajstić information content (AvgIpc) is 3.21. The normalized spacial score (nSPS) is 8.93. The first-order valence-corrected chi connectivity index (χ1v) is 9.21. The monoisotopic (exact) mass is 452 g/mol. The maximum absolute atomic E-state index is 8.99. The van der Waals surface area contributed by atoms with Crippen molar-refractivity contribution in [1.29, 1.82) is 0 Å². The van der Waals surface area contributed by atoms with Crippen LogP contribution in [-0.2, 0) is 37.5 Å². The third-order valence-electron chi connectivity index (χ3n) is 4.39. The van der Waals surface area contributed by atoms with Crippen LogP contribution in [0.25, 0.3) is 11.3 Å². The van der Waals surface area contributed by atoms with Crippen LogP contribution in [-0.4, -0.2) is 11.3 Å². The summed E-state index contributed by atoms with van der Waals surface area (Å²) in [5, 5.41) is 2.07. The van der Waals surface area contributed by atoms with E-state index in [9.17, 15) is 0 Å². The van der Waals surface area contributed by atoms with Crippen LogP contribution in [0.4, 0.5) is 0 Å². The molecule has 1 heterocycles. The van der Waals surface area contributed by atoms with Crippen molar-refractivity contribution in [2.75, 3.05) is 0 Å². The maximum Gasteiger partial charge on any atom is 0 e. The zero-order valence-corrected chi connectivity index (χ0v) is 20.3. The second kappa shape index (κ2) is 13.7. The average molecular weight is 452 g/mol. The van der Waals surface area contributed by atoms with Crippen molar-refractivity contribution < 1.29 is 37.5 Å². The zero-order chi connectivity index (χ0) is 19.5. The number of nitrogens with zero attached hydrogens (tertiary/aromatic N) is 1. The molecule has 1 aromatic heterocycles. The minimum absolute atomic E-state index is 0. The van der Waals surface area contributed by atoms with Gasteiger partial charge in [-0.25, -0.2) is 6.08 Å². The van der Waals surface area contributed by atoms with E-state index in [1.807, 2.05) is 36.4 Å². The summed E-state index contributed by atoms with van der Waals surface area (Å²) in [6.45, 7) is 15.5. The molecule has 2 nitrogen and oxygen atoms in total. The number of thiazole rings is 1. The number of hydrogen-bond donors (Lipinski definition) is 0. The number of carbonyl (C=O) groups excluding carboxylic acids is 1. The second-order valence-corrected chi connectivity index (χ2v) is 6.46. The number of rotatable bonds is 2. The molecular formula is C23H25NOSY-2. The predicted octanol–water partition coefficient (Wildman–Crippen LogP) is 6.01. The second-order valence-electron chi connectivity index (χ2n) is 5.81. The van der Waals surface area contributed by atoms with Crippen LogP contribution in [0.15, 0.2) is 47.9 Å². The van der Waals surface area contributed by atoms with Gasteiger partial charge in [-0.2, -0.15) is 0 Å². The molecule has 3 rings (SSSR count). The van der Waals surface area contributed by atoms with Gasteiger partial charge in [0.2, 0.25) is 0 Å². The molecule has 0 aliphatic heterocycles. The molecule has 0 bridgehead atoms. The van der Waals surface area contributed by atoms with Gasteiger partial charge in [0.1, 0.15) is 0 Å².